The van der Waals surface area contributed by atoms with Gasteiger partial charge in [-0.3, -0.25) is 9.59 Å². The molecule has 1 spiro atoms. The van der Waals surface area contributed by atoms with E-state index in [1.807, 2.05) is 6.92 Å². The summed E-state index contributed by atoms with van der Waals surface area (Å²) in [7, 11) is 1.48. The van der Waals surface area contributed by atoms with E-state index in [4.69, 9.17) is 9.47 Å². The molecule has 150 valence electrons. The monoisotopic (exact) mass is 374 g/mol. The molecule has 6 rings (SSSR count). The summed E-state index contributed by atoms with van der Waals surface area (Å²) in [5.41, 5.74) is -0.608. The van der Waals surface area contributed by atoms with Gasteiger partial charge in [-0.05, 0) is 74.0 Å². The lowest BCUT2D eigenvalue weighted by Crippen LogP contribution is -2.75. The Balaban J connectivity index is 1.55. The largest absolute Gasteiger partial charge is 0.469 e. The van der Waals surface area contributed by atoms with Crippen LogP contribution in [0.4, 0.5) is 0 Å². The summed E-state index contributed by atoms with van der Waals surface area (Å²) in [6, 6.07) is 0. The Hall–Kier alpha value is -0.900. The second kappa shape index (κ2) is 5.58. The average Bonchev–Trinajstić information content (AvgIpc) is 2.96. The van der Waals surface area contributed by atoms with Crippen LogP contribution in [0, 0.1) is 40.4 Å². The van der Waals surface area contributed by atoms with Crippen LogP contribution in [-0.4, -0.2) is 30.6 Å². The number of Topliss-reactive ketones (excluding diaryl/α,β-unsaturated/α-hetero) is 1. The highest BCUT2D eigenvalue weighted by atomic mass is 16.5. The van der Waals surface area contributed by atoms with Crippen molar-refractivity contribution in [2.45, 2.75) is 83.8 Å². The molecule has 4 saturated carbocycles. The van der Waals surface area contributed by atoms with Crippen LogP contribution in [0.5, 0.6) is 0 Å². The number of ketones is 1. The molecule has 27 heavy (non-hydrogen) atoms. The molecule has 2 heterocycles. The van der Waals surface area contributed by atoms with Gasteiger partial charge in [-0.25, -0.2) is 0 Å². The minimum absolute atomic E-state index is 0.0229. The topological polar surface area (TPSA) is 52.6 Å². The van der Waals surface area contributed by atoms with E-state index in [9.17, 15) is 9.59 Å². The molecule has 4 nitrogen and oxygen atoms in total. The van der Waals surface area contributed by atoms with Crippen molar-refractivity contribution in [2.75, 3.05) is 7.11 Å². The zero-order valence-electron chi connectivity index (χ0n) is 17.3. The fourth-order valence-electron chi connectivity index (χ4n) is 8.83. The van der Waals surface area contributed by atoms with Crippen molar-refractivity contribution in [1.29, 1.82) is 0 Å². The minimum atomic E-state index is -0.537. The molecule has 0 aromatic carbocycles. The molecule has 0 unspecified atom stereocenters. The van der Waals surface area contributed by atoms with Gasteiger partial charge in [0.05, 0.1) is 19.1 Å². The number of esters is 1. The van der Waals surface area contributed by atoms with Crippen LogP contribution in [0.1, 0.15) is 72.1 Å². The van der Waals surface area contributed by atoms with Crippen molar-refractivity contribution >= 4 is 11.8 Å². The Bertz CT molecular complexity index is 688. The van der Waals surface area contributed by atoms with Gasteiger partial charge in [-0.15, -0.1) is 0 Å². The number of rotatable bonds is 2. The van der Waals surface area contributed by atoms with Crippen LogP contribution >= 0.6 is 0 Å². The van der Waals surface area contributed by atoms with E-state index < -0.39 is 5.60 Å². The van der Waals surface area contributed by atoms with Crippen molar-refractivity contribution in [3.63, 3.8) is 0 Å². The second-order valence-corrected chi connectivity index (χ2v) is 10.8. The molecular formula is C23H34O4. The van der Waals surface area contributed by atoms with Crippen LogP contribution in [0.15, 0.2) is 0 Å². The smallest absolute Gasteiger partial charge is 0.308 e. The lowest BCUT2D eigenvalue weighted by molar-refractivity contribution is -0.307. The van der Waals surface area contributed by atoms with Crippen LogP contribution in [0.2, 0.25) is 0 Å². The first-order chi connectivity index (χ1) is 12.8. The fraction of sp³-hybridized carbons (Fsp3) is 0.913. The summed E-state index contributed by atoms with van der Waals surface area (Å²) in [5, 5.41) is 0. The van der Waals surface area contributed by atoms with Crippen LogP contribution in [0.25, 0.3) is 0 Å². The number of hydrogen-bond acceptors (Lipinski definition) is 4. The first-order valence-corrected chi connectivity index (χ1v) is 11.1. The predicted molar refractivity (Wildman–Crippen MR) is 101 cm³/mol. The highest BCUT2D eigenvalue weighted by Crippen LogP contribution is 2.72. The summed E-state index contributed by atoms with van der Waals surface area (Å²) in [5.74, 6) is 1.81. The molecule has 0 aromatic rings. The number of fused-ring (bicyclic) bond motifs is 3. The maximum atomic E-state index is 13.9. The van der Waals surface area contributed by atoms with E-state index in [2.05, 4.69) is 13.8 Å². The zero-order chi connectivity index (χ0) is 19.2. The van der Waals surface area contributed by atoms with Crippen LogP contribution in [-0.2, 0) is 19.1 Å². The van der Waals surface area contributed by atoms with Gasteiger partial charge in [-0.1, -0.05) is 20.8 Å². The summed E-state index contributed by atoms with van der Waals surface area (Å²) in [4.78, 5) is 26.1. The van der Waals surface area contributed by atoms with E-state index in [-0.39, 0.29) is 28.6 Å². The number of ether oxygens (including phenoxy) is 2. The lowest BCUT2D eigenvalue weighted by Gasteiger charge is -2.70. The Morgan fingerprint density at radius 3 is 2.63 bits per heavy atom. The summed E-state index contributed by atoms with van der Waals surface area (Å²) >= 11 is 0. The normalized spacial score (nSPS) is 54.2. The first kappa shape index (κ1) is 18.1. The van der Waals surface area contributed by atoms with Gasteiger partial charge < -0.3 is 9.47 Å². The predicted octanol–water partition coefficient (Wildman–Crippen LogP) is 4.15. The summed E-state index contributed by atoms with van der Waals surface area (Å²) < 4.78 is 11.8. The SMILES string of the molecule is COC(=O)[C@H](C)[C@H]1CC[C@H]2[C@@H]3CC[C@H]4C[C@H]5CC[C@]4(C)[C@@]3(O5)C(=O)C[C@]12C. The van der Waals surface area contributed by atoms with E-state index in [0.717, 1.165) is 38.5 Å². The molecule has 2 aliphatic heterocycles. The first-order valence-electron chi connectivity index (χ1n) is 11.1. The Morgan fingerprint density at radius 2 is 1.89 bits per heavy atom. The van der Waals surface area contributed by atoms with E-state index in [1.54, 1.807) is 0 Å². The fourth-order valence-corrected chi connectivity index (χ4v) is 8.83. The maximum Gasteiger partial charge on any atom is 0.308 e. The molecule has 0 aromatic heterocycles. The Morgan fingerprint density at radius 1 is 1.15 bits per heavy atom. The van der Waals surface area contributed by atoms with Gasteiger partial charge in [0, 0.05) is 11.8 Å². The molecule has 6 fully saturated rings. The lowest BCUT2D eigenvalue weighted by atomic mass is 9.40. The Labute approximate surface area is 162 Å². The zero-order valence-corrected chi connectivity index (χ0v) is 17.3. The molecule has 0 N–H and O–H groups in total. The van der Waals surface area contributed by atoms with Crippen molar-refractivity contribution < 1.29 is 19.1 Å². The van der Waals surface area contributed by atoms with Crippen molar-refractivity contribution in [1.82, 2.24) is 0 Å². The van der Waals surface area contributed by atoms with Gasteiger partial charge >= 0.3 is 5.97 Å². The molecule has 0 amide bonds. The van der Waals surface area contributed by atoms with Crippen LogP contribution < -0.4 is 0 Å². The molecule has 4 bridgehead atoms. The minimum Gasteiger partial charge on any atom is -0.469 e. The van der Waals surface area contributed by atoms with Gasteiger partial charge in [0.1, 0.15) is 5.60 Å². The average molecular weight is 375 g/mol. The third kappa shape index (κ3) is 1.99. The van der Waals surface area contributed by atoms with E-state index in [1.165, 1.54) is 13.5 Å². The maximum absolute atomic E-state index is 13.9. The highest BCUT2D eigenvalue weighted by Gasteiger charge is 2.74. The third-order valence-corrected chi connectivity index (χ3v) is 10.1. The van der Waals surface area contributed by atoms with Gasteiger partial charge in [0.25, 0.3) is 0 Å². The van der Waals surface area contributed by atoms with E-state index in [0.29, 0.717) is 36.1 Å². The molecule has 4 aliphatic carbocycles. The molecule has 6 aliphatic rings. The summed E-state index contributed by atoms with van der Waals surface area (Å²) in [6.45, 7) is 6.65. The third-order valence-electron chi connectivity index (χ3n) is 10.1. The van der Waals surface area contributed by atoms with Crippen molar-refractivity contribution in [3.8, 4) is 0 Å². The quantitative estimate of drug-likeness (QED) is 0.681. The van der Waals surface area contributed by atoms with Crippen molar-refractivity contribution in [2.24, 2.45) is 40.4 Å². The summed E-state index contributed by atoms with van der Waals surface area (Å²) in [6.07, 6.45) is 8.82. The standard InChI is InChI=1S/C23H34O4/c1-13(20(25)26-4)16-7-8-17-18-6-5-14-11-15-9-10-22(14,3)23(18,27-15)19(24)12-21(16,17)2/h13-18H,5-12H2,1-4H3/t13-,14+,15-,16-,17+,18+,21-,22+,23+/m1/s1. The Kier molecular flexibility index (Phi) is 3.75. The van der Waals surface area contributed by atoms with Gasteiger partial charge in [0.2, 0.25) is 0 Å². The molecule has 9 atom stereocenters. The van der Waals surface area contributed by atoms with Gasteiger partial charge in [-0.2, -0.15) is 0 Å². The number of carbonyl (C=O) groups is 2. The highest BCUT2D eigenvalue weighted by molar-refractivity contribution is 5.91. The second-order valence-electron chi connectivity index (χ2n) is 10.8. The number of carbonyl (C=O) groups excluding carboxylic acids is 2. The molecule has 2 saturated heterocycles. The molecular weight excluding hydrogens is 340 g/mol. The number of methoxy groups -OCH3 is 1. The van der Waals surface area contributed by atoms with Crippen molar-refractivity contribution in [3.05, 3.63) is 0 Å². The van der Waals surface area contributed by atoms with Crippen LogP contribution in [0.3, 0.4) is 0 Å². The van der Waals surface area contributed by atoms with Gasteiger partial charge in [0.15, 0.2) is 5.78 Å². The number of hydrogen-bond donors (Lipinski definition) is 0. The molecule has 0 radical (unpaired) electrons. The molecule has 4 heteroatoms. The van der Waals surface area contributed by atoms with E-state index >= 15 is 0 Å².